The molecular weight excluding hydrogens is 512 g/mol. The number of nitrogens with zero attached hydrogens (tertiary/aromatic N) is 3. The molecule has 2 fully saturated rings. The van der Waals surface area contributed by atoms with Crippen molar-refractivity contribution < 1.29 is 31.7 Å². The number of thioether (sulfide) groups is 1. The summed E-state index contributed by atoms with van der Waals surface area (Å²) >= 11 is 0.703. The lowest BCUT2D eigenvalue weighted by atomic mass is 10.0. The highest BCUT2D eigenvalue weighted by Gasteiger charge is 2.36. The smallest absolute Gasteiger partial charge is 0.378 e. The van der Waals surface area contributed by atoms with Gasteiger partial charge in [-0.05, 0) is 17.8 Å². The number of halogens is 4. The number of amides is 3. The molecule has 186 valence electrons. The normalized spacial score (nSPS) is 23.0. The van der Waals surface area contributed by atoms with Gasteiger partial charge in [-0.15, -0.1) is 11.3 Å². The summed E-state index contributed by atoms with van der Waals surface area (Å²) in [6.45, 7) is 0.125. The number of aromatic nitrogens is 2. The van der Waals surface area contributed by atoms with E-state index in [4.69, 9.17) is 4.52 Å². The van der Waals surface area contributed by atoms with Crippen LogP contribution in [0.5, 0.6) is 0 Å². The first kappa shape index (κ1) is 23.7. The van der Waals surface area contributed by atoms with Crippen LogP contribution in [0.3, 0.4) is 0 Å². The fraction of sp³-hybridized carbons (Fsp3) is 0.400. The minimum Gasteiger partial charge on any atom is -0.378 e. The summed E-state index contributed by atoms with van der Waals surface area (Å²) < 4.78 is 60.7. The van der Waals surface area contributed by atoms with Crippen LogP contribution in [0.2, 0.25) is 0 Å². The van der Waals surface area contributed by atoms with Crippen molar-refractivity contribution in [2.75, 3.05) is 25.5 Å². The standard InChI is InChI=1S/C20H18F4N6O3S2/c1-30-7-9(21)11(5-13(30)31)26-10-4-2-3-8-14(10)34-16(15(8)35-20(22,23)24)17-28-18(33-29-17)12-6-25-19(32)27-12/h2-4,9,11-12,26H,5-7H2,1H3,(H2,25,27,32)/t9-,11+,12+/m0/s1. The molecule has 35 heavy (non-hydrogen) atoms. The minimum absolute atomic E-state index is 0.0575. The van der Waals surface area contributed by atoms with Gasteiger partial charge in [0.25, 0.3) is 5.89 Å². The highest BCUT2D eigenvalue weighted by molar-refractivity contribution is 8.00. The monoisotopic (exact) mass is 530 g/mol. The quantitative estimate of drug-likeness (QED) is 0.339. The van der Waals surface area contributed by atoms with E-state index in [1.165, 1.54) is 18.0 Å². The molecule has 0 radical (unpaired) electrons. The molecule has 3 amide bonds. The van der Waals surface area contributed by atoms with Gasteiger partial charge in [0.1, 0.15) is 12.2 Å². The molecule has 2 saturated heterocycles. The maximum atomic E-state index is 14.6. The highest BCUT2D eigenvalue weighted by Crippen LogP contribution is 2.50. The summed E-state index contributed by atoms with van der Waals surface area (Å²) in [6.07, 6.45) is -1.42. The van der Waals surface area contributed by atoms with Gasteiger partial charge in [0.15, 0.2) is 0 Å². The van der Waals surface area contributed by atoms with E-state index in [2.05, 4.69) is 26.1 Å². The number of alkyl halides is 4. The van der Waals surface area contributed by atoms with Crippen molar-refractivity contribution in [3.8, 4) is 10.7 Å². The van der Waals surface area contributed by atoms with E-state index < -0.39 is 29.8 Å². The van der Waals surface area contributed by atoms with Crippen LogP contribution in [0.4, 0.5) is 28.0 Å². The summed E-state index contributed by atoms with van der Waals surface area (Å²) in [4.78, 5) is 29.0. The Balaban J connectivity index is 1.54. The Kier molecular flexibility index (Phi) is 5.99. The largest absolute Gasteiger partial charge is 0.446 e. The molecule has 4 heterocycles. The second kappa shape index (κ2) is 8.86. The van der Waals surface area contributed by atoms with Gasteiger partial charge in [0, 0.05) is 30.3 Å². The number of nitrogens with one attached hydrogen (secondary N) is 3. The summed E-state index contributed by atoms with van der Waals surface area (Å²) in [5.74, 6) is -0.225. The fourth-order valence-corrected chi connectivity index (χ4v) is 6.06. The Morgan fingerprint density at radius 3 is 2.83 bits per heavy atom. The molecule has 0 spiro atoms. The number of anilines is 1. The number of benzene rings is 1. The second-order valence-corrected chi connectivity index (χ2v) is 10.2. The molecule has 9 nitrogen and oxygen atoms in total. The Labute approximate surface area is 203 Å². The van der Waals surface area contributed by atoms with Crippen LogP contribution in [0, 0.1) is 0 Å². The lowest BCUT2D eigenvalue weighted by Crippen LogP contribution is -2.49. The topological polar surface area (TPSA) is 112 Å². The third-order valence-electron chi connectivity index (χ3n) is 5.65. The van der Waals surface area contributed by atoms with E-state index in [0.29, 0.717) is 10.4 Å². The molecular formula is C20H18F4N6O3S2. The third kappa shape index (κ3) is 4.74. The third-order valence-corrected chi connectivity index (χ3v) is 7.87. The molecule has 2 aliphatic heterocycles. The summed E-state index contributed by atoms with van der Waals surface area (Å²) in [5.41, 5.74) is -4.18. The molecule has 2 aliphatic rings. The van der Waals surface area contributed by atoms with Crippen molar-refractivity contribution in [2.24, 2.45) is 0 Å². The van der Waals surface area contributed by atoms with Crippen molar-refractivity contribution in [1.82, 2.24) is 25.7 Å². The summed E-state index contributed by atoms with van der Waals surface area (Å²) in [6, 6.07) is 2.89. The molecule has 15 heteroatoms. The molecule has 3 atom stereocenters. The number of likely N-dealkylation sites (tertiary alicyclic amines) is 1. The maximum absolute atomic E-state index is 14.6. The fourth-order valence-electron chi connectivity index (χ4n) is 3.95. The van der Waals surface area contributed by atoms with Gasteiger partial charge >= 0.3 is 11.5 Å². The van der Waals surface area contributed by atoms with Crippen LogP contribution >= 0.6 is 23.1 Å². The number of piperidine rings is 1. The first-order valence-electron chi connectivity index (χ1n) is 10.4. The first-order valence-corrected chi connectivity index (χ1v) is 12.1. The molecule has 0 unspecified atom stereocenters. The molecule has 3 aromatic rings. The van der Waals surface area contributed by atoms with Crippen molar-refractivity contribution >= 4 is 50.8 Å². The van der Waals surface area contributed by atoms with Crippen molar-refractivity contribution in [1.29, 1.82) is 0 Å². The zero-order chi connectivity index (χ0) is 24.9. The van der Waals surface area contributed by atoms with Crippen LogP contribution < -0.4 is 16.0 Å². The molecule has 2 aromatic heterocycles. The molecule has 1 aromatic carbocycles. The molecule has 3 N–H and O–H groups in total. The lowest BCUT2D eigenvalue weighted by Gasteiger charge is -2.33. The Morgan fingerprint density at radius 1 is 1.31 bits per heavy atom. The van der Waals surface area contributed by atoms with Crippen LogP contribution in [0.25, 0.3) is 20.8 Å². The van der Waals surface area contributed by atoms with E-state index >= 15 is 0 Å². The van der Waals surface area contributed by atoms with Crippen LogP contribution in [-0.4, -0.2) is 64.8 Å². The maximum Gasteiger partial charge on any atom is 0.446 e. The lowest BCUT2D eigenvalue weighted by molar-refractivity contribution is -0.133. The Morgan fingerprint density at radius 2 is 2.11 bits per heavy atom. The Hall–Kier alpha value is -3.07. The van der Waals surface area contributed by atoms with Crippen LogP contribution in [0.15, 0.2) is 27.6 Å². The van der Waals surface area contributed by atoms with Crippen LogP contribution in [0.1, 0.15) is 18.4 Å². The number of rotatable bonds is 5. The molecule has 5 rings (SSSR count). The number of thiophene rings is 1. The SMILES string of the molecule is CN1C[C@H](F)[C@H](Nc2cccc3c(SC(F)(F)F)c(-c4noc([C@H]5CNC(=O)N5)n4)sc23)CC1=O. The zero-order valence-electron chi connectivity index (χ0n) is 18.0. The predicted octanol–water partition coefficient (Wildman–Crippen LogP) is 3.90. The van der Waals surface area contributed by atoms with E-state index in [1.807, 2.05) is 0 Å². The summed E-state index contributed by atoms with van der Waals surface area (Å²) in [7, 11) is 1.52. The van der Waals surface area contributed by atoms with Gasteiger partial charge in [-0.25, -0.2) is 9.18 Å². The number of hydrogen-bond acceptors (Lipinski definition) is 8. The average Bonchev–Trinajstić information content (AvgIpc) is 3.50. The van der Waals surface area contributed by atoms with Crippen molar-refractivity contribution in [3.63, 3.8) is 0 Å². The first-order chi connectivity index (χ1) is 16.6. The minimum atomic E-state index is -4.59. The van der Waals surface area contributed by atoms with Gasteiger partial charge in [-0.2, -0.15) is 18.2 Å². The number of hydrogen-bond donors (Lipinski definition) is 3. The average molecular weight is 531 g/mol. The predicted molar refractivity (Wildman–Crippen MR) is 121 cm³/mol. The zero-order valence-corrected chi connectivity index (χ0v) is 19.6. The number of carbonyl (C=O) groups is 2. The van der Waals surface area contributed by atoms with Crippen molar-refractivity contribution in [2.45, 2.75) is 35.1 Å². The molecule has 0 saturated carbocycles. The Bertz CT molecular complexity index is 1300. The van der Waals surface area contributed by atoms with Gasteiger partial charge in [-0.3, -0.25) is 4.79 Å². The number of carbonyl (C=O) groups excluding carboxylic acids is 2. The molecule has 0 bridgehead atoms. The number of fused-ring (bicyclic) bond motifs is 1. The number of urea groups is 1. The summed E-state index contributed by atoms with van der Waals surface area (Å²) in [5, 5.41) is 12.3. The van der Waals surface area contributed by atoms with Gasteiger partial charge in [0.05, 0.1) is 27.9 Å². The van der Waals surface area contributed by atoms with E-state index in [0.717, 1.165) is 11.3 Å². The highest BCUT2D eigenvalue weighted by atomic mass is 32.2. The van der Waals surface area contributed by atoms with Gasteiger partial charge in [-0.1, -0.05) is 17.3 Å². The van der Waals surface area contributed by atoms with Crippen molar-refractivity contribution in [3.05, 3.63) is 24.1 Å². The second-order valence-electron chi connectivity index (χ2n) is 8.10. The van der Waals surface area contributed by atoms with Gasteiger partial charge < -0.3 is 25.4 Å². The van der Waals surface area contributed by atoms with E-state index in [-0.39, 0.29) is 64.1 Å². The van der Waals surface area contributed by atoms with Crippen LogP contribution in [-0.2, 0) is 4.79 Å². The van der Waals surface area contributed by atoms with E-state index in [1.54, 1.807) is 12.1 Å². The van der Waals surface area contributed by atoms with Gasteiger partial charge in [0.2, 0.25) is 11.7 Å². The molecule has 0 aliphatic carbocycles. The van der Waals surface area contributed by atoms with E-state index in [9.17, 15) is 27.2 Å².